The molecule has 1 fully saturated rings. The second-order valence-corrected chi connectivity index (χ2v) is 8.06. The normalized spacial score (nSPS) is 16.5. The van der Waals surface area contributed by atoms with Gasteiger partial charge in [0, 0.05) is 45.0 Å². The van der Waals surface area contributed by atoms with Crippen LogP contribution in [0.5, 0.6) is 11.5 Å². The molecule has 32 heavy (non-hydrogen) atoms. The molecular weight excluding hydrogens is 407 g/mol. The van der Waals surface area contributed by atoms with E-state index in [1.807, 2.05) is 12.1 Å². The first kappa shape index (κ1) is 21.9. The van der Waals surface area contributed by atoms with E-state index in [0.29, 0.717) is 23.2 Å². The lowest BCUT2D eigenvalue weighted by Crippen LogP contribution is -2.48. The molecule has 1 aliphatic heterocycles. The number of halogens is 1. The molecule has 7 heteroatoms. The molecule has 1 atom stereocenters. The van der Waals surface area contributed by atoms with Gasteiger partial charge in [0.1, 0.15) is 23.0 Å². The number of nitrogens with one attached hydrogen (secondary N) is 1. The summed E-state index contributed by atoms with van der Waals surface area (Å²) in [5.74, 6) is 0.440. The standard InChI is InChI=1S/C25H27FN4O2/c1-18-16-30(14-13-27-18)17-19-3-7-21(8-4-19)29(2)25(31)24-12-11-23(15-28-24)32-22-9-5-20(26)6-10-22/h3-12,15,18,27H,13-14,16-17H2,1-2H3/t18-/m0/s1. The zero-order valence-electron chi connectivity index (χ0n) is 18.3. The van der Waals surface area contributed by atoms with Gasteiger partial charge in [-0.3, -0.25) is 9.69 Å². The lowest BCUT2D eigenvalue weighted by atomic mass is 10.1. The lowest BCUT2D eigenvalue weighted by molar-refractivity contribution is 0.0988. The lowest BCUT2D eigenvalue weighted by Gasteiger charge is -2.31. The highest BCUT2D eigenvalue weighted by molar-refractivity contribution is 6.04. The highest BCUT2D eigenvalue weighted by Gasteiger charge is 2.17. The van der Waals surface area contributed by atoms with E-state index in [2.05, 4.69) is 34.3 Å². The van der Waals surface area contributed by atoms with Crippen molar-refractivity contribution in [3.63, 3.8) is 0 Å². The first-order valence-corrected chi connectivity index (χ1v) is 10.7. The summed E-state index contributed by atoms with van der Waals surface area (Å²) in [6.07, 6.45) is 1.49. The Labute approximate surface area is 187 Å². The largest absolute Gasteiger partial charge is 0.456 e. The van der Waals surface area contributed by atoms with E-state index in [-0.39, 0.29) is 11.7 Å². The van der Waals surface area contributed by atoms with Crippen LogP contribution in [0.4, 0.5) is 10.1 Å². The van der Waals surface area contributed by atoms with Gasteiger partial charge in [-0.05, 0) is 61.0 Å². The Morgan fingerprint density at radius 3 is 2.50 bits per heavy atom. The van der Waals surface area contributed by atoms with Crippen LogP contribution in [0, 0.1) is 5.82 Å². The van der Waals surface area contributed by atoms with Crippen LogP contribution >= 0.6 is 0 Å². The minimum atomic E-state index is -0.328. The van der Waals surface area contributed by atoms with E-state index in [0.717, 1.165) is 31.9 Å². The molecule has 2 aromatic carbocycles. The molecule has 0 bridgehead atoms. The third-order valence-corrected chi connectivity index (χ3v) is 5.49. The van der Waals surface area contributed by atoms with Gasteiger partial charge in [0.05, 0.1) is 6.20 Å². The van der Waals surface area contributed by atoms with Crippen molar-refractivity contribution < 1.29 is 13.9 Å². The first-order chi connectivity index (χ1) is 15.5. The number of hydrogen-bond donors (Lipinski definition) is 1. The monoisotopic (exact) mass is 434 g/mol. The van der Waals surface area contributed by atoms with Gasteiger partial charge in [0.2, 0.25) is 0 Å². The highest BCUT2D eigenvalue weighted by atomic mass is 19.1. The minimum absolute atomic E-state index is 0.206. The van der Waals surface area contributed by atoms with Gasteiger partial charge in [-0.2, -0.15) is 0 Å². The highest BCUT2D eigenvalue weighted by Crippen LogP contribution is 2.22. The molecule has 2 heterocycles. The van der Waals surface area contributed by atoms with E-state index in [9.17, 15) is 9.18 Å². The third-order valence-electron chi connectivity index (χ3n) is 5.49. The molecule has 1 aromatic heterocycles. The maximum absolute atomic E-state index is 13.0. The predicted octanol–water partition coefficient (Wildman–Crippen LogP) is 4.08. The smallest absolute Gasteiger partial charge is 0.276 e. The molecule has 1 aliphatic rings. The Balaban J connectivity index is 1.36. The number of ether oxygens (including phenoxy) is 1. The summed E-state index contributed by atoms with van der Waals surface area (Å²) in [5, 5.41) is 3.45. The number of nitrogens with zero attached hydrogens (tertiary/aromatic N) is 3. The number of carbonyl (C=O) groups excluding carboxylic acids is 1. The van der Waals surface area contributed by atoms with Crippen LogP contribution in [0.2, 0.25) is 0 Å². The number of piperazine rings is 1. The van der Waals surface area contributed by atoms with Crippen LogP contribution in [0.25, 0.3) is 0 Å². The minimum Gasteiger partial charge on any atom is -0.456 e. The van der Waals surface area contributed by atoms with Crippen molar-refractivity contribution in [3.8, 4) is 11.5 Å². The Bertz CT molecular complexity index is 1040. The summed E-state index contributed by atoms with van der Waals surface area (Å²) in [6.45, 7) is 6.19. The summed E-state index contributed by atoms with van der Waals surface area (Å²) in [6, 6.07) is 17.6. The quantitative estimate of drug-likeness (QED) is 0.634. The molecule has 0 aliphatic carbocycles. The number of hydrogen-bond acceptors (Lipinski definition) is 5. The zero-order valence-corrected chi connectivity index (χ0v) is 18.3. The van der Waals surface area contributed by atoms with Crippen molar-refractivity contribution in [1.82, 2.24) is 15.2 Å². The van der Waals surface area contributed by atoms with Crippen molar-refractivity contribution in [2.24, 2.45) is 0 Å². The number of pyridine rings is 1. The van der Waals surface area contributed by atoms with Crippen molar-refractivity contribution in [2.75, 3.05) is 31.6 Å². The second kappa shape index (κ2) is 9.89. The van der Waals surface area contributed by atoms with Crippen molar-refractivity contribution >= 4 is 11.6 Å². The third kappa shape index (κ3) is 5.49. The summed E-state index contributed by atoms with van der Waals surface area (Å²) < 4.78 is 18.6. The van der Waals surface area contributed by atoms with Crippen molar-refractivity contribution in [2.45, 2.75) is 19.5 Å². The number of benzene rings is 2. The van der Waals surface area contributed by atoms with E-state index in [4.69, 9.17) is 4.74 Å². The van der Waals surface area contributed by atoms with Gasteiger partial charge in [-0.25, -0.2) is 9.37 Å². The van der Waals surface area contributed by atoms with Crippen LogP contribution in [0.3, 0.4) is 0 Å². The molecule has 1 saturated heterocycles. The van der Waals surface area contributed by atoms with Crippen LogP contribution in [-0.4, -0.2) is 48.5 Å². The SMILES string of the molecule is C[C@H]1CN(Cc2ccc(N(C)C(=O)c3ccc(Oc4ccc(F)cc4)cn3)cc2)CCN1. The van der Waals surface area contributed by atoms with E-state index in [1.54, 1.807) is 24.1 Å². The van der Waals surface area contributed by atoms with Crippen LogP contribution < -0.4 is 15.0 Å². The average molecular weight is 435 g/mol. The number of amides is 1. The van der Waals surface area contributed by atoms with Crippen LogP contribution in [-0.2, 0) is 6.54 Å². The molecule has 0 radical (unpaired) electrons. The zero-order chi connectivity index (χ0) is 22.5. The number of rotatable bonds is 6. The van der Waals surface area contributed by atoms with Gasteiger partial charge in [-0.15, -0.1) is 0 Å². The maximum Gasteiger partial charge on any atom is 0.276 e. The summed E-state index contributed by atoms with van der Waals surface area (Å²) in [7, 11) is 1.74. The first-order valence-electron chi connectivity index (χ1n) is 10.7. The summed E-state index contributed by atoms with van der Waals surface area (Å²) in [5.41, 5.74) is 2.35. The fourth-order valence-corrected chi connectivity index (χ4v) is 3.73. The van der Waals surface area contributed by atoms with E-state index < -0.39 is 0 Å². The fraction of sp³-hybridized carbons (Fsp3) is 0.280. The molecule has 166 valence electrons. The van der Waals surface area contributed by atoms with Gasteiger partial charge >= 0.3 is 0 Å². The molecule has 4 rings (SSSR count). The average Bonchev–Trinajstić information content (AvgIpc) is 2.81. The molecule has 3 aromatic rings. The van der Waals surface area contributed by atoms with Gasteiger partial charge in [0.25, 0.3) is 5.91 Å². The molecule has 1 N–H and O–H groups in total. The number of aromatic nitrogens is 1. The summed E-state index contributed by atoms with van der Waals surface area (Å²) in [4.78, 5) is 21.1. The Kier molecular flexibility index (Phi) is 6.78. The predicted molar refractivity (Wildman–Crippen MR) is 123 cm³/mol. The van der Waals surface area contributed by atoms with Gasteiger partial charge < -0.3 is 15.0 Å². The molecule has 6 nitrogen and oxygen atoms in total. The Morgan fingerprint density at radius 1 is 1.12 bits per heavy atom. The second-order valence-electron chi connectivity index (χ2n) is 8.06. The maximum atomic E-state index is 13.0. The molecule has 0 saturated carbocycles. The Hall–Kier alpha value is -3.29. The van der Waals surface area contributed by atoms with E-state index in [1.165, 1.54) is 36.0 Å². The van der Waals surface area contributed by atoms with E-state index >= 15 is 0 Å². The topological polar surface area (TPSA) is 57.7 Å². The van der Waals surface area contributed by atoms with Crippen LogP contribution in [0.1, 0.15) is 23.0 Å². The fourth-order valence-electron chi connectivity index (χ4n) is 3.73. The molecule has 0 spiro atoms. The van der Waals surface area contributed by atoms with Gasteiger partial charge in [-0.1, -0.05) is 12.1 Å². The number of carbonyl (C=O) groups is 1. The van der Waals surface area contributed by atoms with Gasteiger partial charge in [0.15, 0.2) is 0 Å². The summed E-state index contributed by atoms with van der Waals surface area (Å²) >= 11 is 0. The molecule has 0 unspecified atom stereocenters. The van der Waals surface area contributed by atoms with Crippen molar-refractivity contribution in [3.05, 3.63) is 83.9 Å². The Morgan fingerprint density at radius 2 is 1.84 bits per heavy atom. The van der Waals surface area contributed by atoms with Crippen LogP contribution in [0.15, 0.2) is 66.9 Å². The van der Waals surface area contributed by atoms with Crippen molar-refractivity contribution in [1.29, 1.82) is 0 Å². The molecule has 1 amide bonds. The molecular formula is C25H27FN4O2. The number of anilines is 1.